The number of anilines is 6. The maximum Gasteiger partial charge on any atom is 0.162 e. The molecule has 12 nitrogen and oxygen atoms in total. The van der Waals surface area contributed by atoms with E-state index in [1.54, 1.807) is 28.5 Å². The van der Waals surface area contributed by atoms with Gasteiger partial charge in [0.05, 0.1) is 11.4 Å². The van der Waals surface area contributed by atoms with Crippen LogP contribution in [0.15, 0.2) is 263 Å². The number of aryl methyl sites for hydroxylation is 6. The summed E-state index contributed by atoms with van der Waals surface area (Å²) in [7, 11) is 0. The van der Waals surface area contributed by atoms with E-state index in [1.165, 1.54) is 29.9 Å². The summed E-state index contributed by atoms with van der Waals surface area (Å²) in [5.41, 5.74) is 23.4. The van der Waals surface area contributed by atoms with E-state index < -0.39 is 78.1 Å². The molecule has 0 bridgehead atoms. The van der Waals surface area contributed by atoms with Gasteiger partial charge in [0.1, 0.15) is 37.0 Å². The molecule has 0 aromatic heterocycles. The Hall–Kier alpha value is -10.2. The summed E-state index contributed by atoms with van der Waals surface area (Å²) >= 11 is 0. The highest BCUT2D eigenvalue weighted by Crippen LogP contribution is 2.46. The zero-order valence-corrected chi connectivity index (χ0v) is 69.4. The fourth-order valence-electron chi connectivity index (χ4n) is 17.5. The standard InChI is InChI=1S/C23H28N2.C18H26N2.C18H20N2.C17H24N2.2C13H18N2.6CH4/c1-17-11-7-10-16-22(17)24-18(2)23(20-12-5-4-6-13-20)25(19(24)3)21-14-8-9-15-21;2*1-13-9-7-8-12-17(13)20-14(2)18(19-15(20)3)16-10-5-4-6-11-16;1-12-8-4-7-11-16(12)19-13(2)17(18-14(19)3)15-9-5-6-10-15;2*1-9-7-5-6-8-13(9)15-11(3)10(2)14-12(15)4;;;;;;/h4-7,10-13,16,19,21H,8-9,14-15H2,1-3H3;7-9,12,15-16,19H,4-6,10-11H2,1-3H3;4-12,15,19H,1-3H3;4,7-8,11,14-15,18H,5-6,9-10H2,1-3H3;2*5-8,12,14H,1-4H3;6*1H4/i4*3D3;2*4D3;;;;;;/hD5. The van der Waals surface area contributed by atoms with E-state index in [1.807, 2.05) is 267 Å². The molecule has 650 valence electrons. The molecule has 12 heteroatoms. The second-order valence-electron chi connectivity index (χ2n) is 31.4. The van der Waals surface area contributed by atoms with Gasteiger partial charge in [-0.3, -0.25) is 0 Å². The highest BCUT2D eigenvalue weighted by molar-refractivity contribution is 5.79. The maximum atomic E-state index is 8.59. The molecule has 120 heavy (non-hydrogen) atoms. The number of para-hydroxylation sites is 6. The van der Waals surface area contributed by atoms with Gasteiger partial charge in [0.25, 0.3) is 0 Å². The summed E-state index contributed by atoms with van der Waals surface area (Å²) in [4.78, 5) is 13.2. The van der Waals surface area contributed by atoms with Crippen LogP contribution in [0.5, 0.6) is 0 Å². The van der Waals surface area contributed by atoms with Gasteiger partial charge < -0.3 is 60.8 Å². The number of benzene rings is 8. The van der Waals surface area contributed by atoms with Gasteiger partial charge in [-0.15, -0.1) is 0 Å². The van der Waals surface area contributed by atoms with Crippen LogP contribution in [0.4, 0.5) is 34.1 Å². The molecule has 5 N–H and O–H groups in total. The molecule has 0 spiro atoms. The average Bonchev–Trinajstić information content (AvgIpc) is 1.57. The minimum absolute atomic E-state index is 0. The van der Waals surface area contributed by atoms with Crippen molar-refractivity contribution in [1.82, 2.24) is 31.4 Å². The molecule has 0 saturated heterocycles. The van der Waals surface area contributed by atoms with Crippen molar-refractivity contribution < 1.29 is 31.7 Å². The lowest BCUT2D eigenvalue weighted by molar-refractivity contribution is 0.251. The van der Waals surface area contributed by atoms with Crippen molar-refractivity contribution in [3.63, 3.8) is 0 Å². The third kappa shape index (κ3) is 21.7. The van der Waals surface area contributed by atoms with E-state index in [2.05, 4.69) is 41.8 Å². The van der Waals surface area contributed by atoms with Crippen LogP contribution in [0.1, 0.15) is 294 Å². The molecule has 6 aliphatic heterocycles. The van der Waals surface area contributed by atoms with Crippen LogP contribution in [-0.4, -0.2) is 47.9 Å². The van der Waals surface area contributed by atoms with Crippen LogP contribution >= 0.6 is 0 Å². The molecule has 8 aromatic rings. The molecule has 6 atom stereocenters. The first kappa shape index (κ1) is 68.4. The Morgan fingerprint density at radius 1 is 0.267 bits per heavy atom. The quantitative estimate of drug-likeness (QED) is 0.0856. The van der Waals surface area contributed by atoms with Crippen LogP contribution in [0, 0.1) is 53.4 Å². The van der Waals surface area contributed by atoms with Gasteiger partial charge in [-0.2, -0.15) is 0 Å². The molecule has 9 aliphatic rings. The molecule has 3 aliphatic carbocycles. The van der Waals surface area contributed by atoms with E-state index in [4.69, 9.17) is 31.7 Å². The van der Waals surface area contributed by atoms with Gasteiger partial charge in [0.15, 0.2) is 7.06 Å². The molecule has 0 radical (unpaired) electrons. The maximum absolute atomic E-state index is 8.59. The van der Waals surface area contributed by atoms with E-state index >= 15 is 0 Å². The predicted molar refractivity (Wildman–Crippen MR) is 528 cm³/mol. The van der Waals surface area contributed by atoms with Crippen molar-refractivity contribution in [3.8, 4) is 0 Å². The second kappa shape index (κ2) is 44.9. The van der Waals surface area contributed by atoms with E-state index in [0.717, 1.165) is 210 Å². The van der Waals surface area contributed by atoms with Crippen molar-refractivity contribution in [2.24, 2.45) is 11.8 Å². The third-order valence-electron chi connectivity index (χ3n) is 23.8. The van der Waals surface area contributed by atoms with Crippen molar-refractivity contribution in [1.29, 1.82) is 0 Å². The number of allylic oxidation sites excluding steroid dienone is 10. The number of nitrogens with zero attached hydrogens (tertiary/aromatic N) is 7. The summed E-state index contributed by atoms with van der Waals surface area (Å²) in [5, 5.41) is 5.86. The smallest absolute Gasteiger partial charge is 0.162 e. The number of nitrogens with one attached hydrogen (secondary N) is 5. The molecule has 0 amide bonds. The largest absolute Gasteiger partial charge is 0.367 e. The van der Waals surface area contributed by atoms with Crippen molar-refractivity contribution >= 4 is 45.5 Å². The van der Waals surface area contributed by atoms with Crippen LogP contribution < -0.4 is 55.9 Å². The van der Waals surface area contributed by atoms with Gasteiger partial charge in [0.2, 0.25) is 0 Å². The Labute approximate surface area is 763 Å². The van der Waals surface area contributed by atoms with Crippen molar-refractivity contribution in [2.45, 2.75) is 309 Å². The lowest BCUT2D eigenvalue weighted by Gasteiger charge is -2.37. The first-order valence-corrected chi connectivity index (χ1v) is 40.9. The Morgan fingerprint density at radius 3 is 0.875 bits per heavy atom. The van der Waals surface area contributed by atoms with Crippen molar-refractivity contribution in [3.05, 3.63) is 308 Å². The summed E-state index contributed by atoms with van der Waals surface area (Å²) in [6, 6.07) is 66.7. The van der Waals surface area contributed by atoms with Crippen LogP contribution in [-0.2, 0) is 0 Å². The number of hydrogen-bond acceptors (Lipinski definition) is 12. The molecule has 3 saturated carbocycles. The molecule has 3 fully saturated rings. The highest BCUT2D eigenvalue weighted by atomic mass is 15.4. The average molecular weight is 1650 g/mol. The second-order valence-corrected chi connectivity index (χ2v) is 31.4. The molecular weight excluding hydrogens is 1470 g/mol. The lowest BCUT2D eigenvalue weighted by atomic mass is 9.86. The molecule has 6 unspecified atom stereocenters. The zero-order valence-electron chi connectivity index (χ0n) is 92.4. The Balaban J connectivity index is 0.000000262. The van der Waals surface area contributed by atoms with E-state index in [9.17, 15) is 0 Å². The Kier molecular flexibility index (Phi) is 25.6. The van der Waals surface area contributed by atoms with E-state index in [0.29, 0.717) is 28.9 Å². The SMILES string of the molecule is C.C.C.C.C.C.[2H]C([2H])([2H])C1N(c2ccccc2C)C(C)=C(c2ccccc2)N1C1CCCC1.[2H]N1C(C)=C(C)N(c2ccccc2C)C1C([2H])([2H])[2H].[2H]N1C(C)=C(C)N(c2ccccc2C)C1C([2H])([2H])[2H].[2H]N1C(C2CCCC2)=C(C)N(c2ccccc2C)C1C([2H])([2H])[2H].[2H]N1C(C2CCCCC2)=C(C)N(c2ccccc2C)C1C([2H])([2H])[2H].[2H]N1C(c2ccccc2)=C(C)N(c2ccccc2C)C1C([2H])([2H])[2H]. The zero-order chi connectivity index (χ0) is 100. The van der Waals surface area contributed by atoms with Gasteiger partial charge >= 0.3 is 0 Å². The van der Waals surface area contributed by atoms with Crippen molar-refractivity contribution in [2.75, 3.05) is 29.4 Å². The van der Waals surface area contributed by atoms with Crippen LogP contribution in [0.2, 0.25) is 7.06 Å². The first-order valence-electron chi connectivity index (χ1n) is 52.2. The monoisotopic (exact) mass is 1650 g/mol. The minimum atomic E-state index is -2.32. The highest BCUT2D eigenvalue weighted by Gasteiger charge is 2.41. The predicted octanol–water partition coefficient (Wildman–Crippen LogP) is 28.5. The lowest BCUT2D eigenvalue weighted by Crippen LogP contribution is -2.42. The Bertz CT molecular complexity index is 5610. The fourth-order valence-corrected chi connectivity index (χ4v) is 17.5. The van der Waals surface area contributed by atoms with Gasteiger partial charge in [-0.25, -0.2) is 0 Å². The number of hydrogen-bond donors (Lipinski definition) is 5. The van der Waals surface area contributed by atoms with E-state index in [-0.39, 0.29) is 50.6 Å². The number of rotatable bonds is 11. The fraction of sp³-hybridized carbons (Fsp3) is 0.444. The molecule has 8 aromatic carbocycles. The molecule has 6 heterocycles. The molecule has 17 rings (SSSR count). The topological polar surface area (TPSA) is 82.8 Å². The van der Waals surface area contributed by atoms with Gasteiger partial charge in [0, 0.05) is 134 Å². The summed E-state index contributed by atoms with van der Waals surface area (Å²) < 4.78 is 185. The first-order chi connectivity index (χ1) is 64.3. The summed E-state index contributed by atoms with van der Waals surface area (Å²) in [6.07, 6.45) is 9.01. The minimum Gasteiger partial charge on any atom is -0.367 e. The summed E-state index contributed by atoms with van der Waals surface area (Å²) in [6.45, 7) is 13.6. The van der Waals surface area contributed by atoms with Crippen LogP contribution in [0.3, 0.4) is 0 Å². The van der Waals surface area contributed by atoms with Gasteiger partial charge in [-0.05, 0) is 257 Å². The van der Waals surface area contributed by atoms with Gasteiger partial charge in [-0.1, -0.05) is 259 Å². The third-order valence-corrected chi connectivity index (χ3v) is 23.8. The Morgan fingerprint density at radius 2 is 0.542 bits per heavy atom. The normalized spacial score (nSPS) is 24.4. The van der Waals surface area contributed by atoms with Crippen LogP contribution in [0.25, 0.3) is 11.4 Å². The summed E-state index contributed by atoms with van der Waals surface area (Å²) in [5.74, 6) is 0.612. The molecular formula is C108H158N12.